The molecule has 7 heteroatoms. The topological polar surface area (TPSA) is 64.4 Å². The number of aliphatic hydroxyl groups is 1. The second-order valence-corrected chi connectivity index (χ2v) is 5.28. The third-order valence-electron chi connectivity index (χ3n) is 3.45. The summed E-state index contributed by atoms with van der Waals surface area (Å²) in [5.41, 5.74) is -0.117. The van der Waals surface area contributed by atoms with E-state index in [0.717, 1.165) is 0 Å². The summed E-state index contributed by atoms with van der Waals surface area (Å²) in [6.07, 6.45) is 0.290. The number of benzene rings is 2. The quantitative estimate of drug-likeness (QED) is 0.777. The predicted octanol–water partition coefficient (Wildman–Crippen LogP) is 2.11. The molecule has 2 aromatic carbocycles. The molecule has 0 radical (unpaired) electrons. The lowest BCUT2D eigenvalue weighted by Gasteiger charge is -2.14. The van der Waals surface area contributed by atoms with Crippen LogP contribution in [0.2, 0.25) is 0 Å². The highest BCUT2D eigenvalue weighted by atomic mass is 19.1. The third kappa shape index (κ3) is 3.57. The average Bonchev–Trinajstić information content (AvgIpc) is 2.57. The van der Waals surface area contributed by atoms with Crippen LogP contribution in [0, 0.1) is 11.6 Å². The standard InChI is InChI=1S/C17H14F2N2O3/c18-11-1-4-14(5-2-11)24-9-13(22)8-21-10-20-16-7-12(19)3-6-15(16)17(21)23/h1-7,10,13,22H,8-9H2. The smallest absolute Gasteiger partial charge is 0.261 e. The van der Waals surface area contributed by atoms with Crippen molar-refractivity contribution in [3.05, 3.63) is 70.8 Å². The maximum atomic E-state index is 13.1. The molecule has 0 spiro atoms. The van der Waals surface area contributed by atoms with Crippen molar-refractivity contribution in [1.29, 1.82) is 0 Å². The molecular formula is C17H14F2N2O3. The van der Waals surface area contributed by atoms with E-state index < -0.39 is 11.9 Å². The normalized spacial score (nSPS) is 12.3. The lowest BCUT2D eigenvalue weighted by Crippen LogP contribution is -2.30. The summed E-state index contributed by atoms with van der Waals surface area (Å²) in [5.74, 6) is -0.442. The summed E-state index contributed by atoms with van der Waals surface area (Å²) < 4.78 is 32.5. The van der Waals surface area contributed by atoms with Crippen LogP contribution in [0.15, 0.2) is 53.6 Å². The van der Waals surface area contributed by atoms with E-state index in [2.05, 4.69) is 4.98 Å². The molecule has 0 saturated carbocycles. The Morgan fingerprint density at radius 1 is 1.12 bits per heavy atom. The molecule has 0 aliphatic heterocycles. The summed E-state index contributed by atoms with van der Waals surface area (Å²) >= 11 is 0. The number of hydrogen-bond donors (Lipinski definition) is 1. The predicted molar refractivity (Wildman–Crippen MR) is 83.9 cm³/mol. The minimum Gasteiger partial charge on any atom is -0.491 e. The molecule has 1 unspecified atom stereocenters. The number of halogens is 2. The first-order valence-corrected chi connectivity index (χ1v) is 7.24. The van der Waals surface area contributed by atoms with Gasteiger partial charge in [-0.3, -0.25) is 9.36 Å². The third-order valence-corrected chi connectivity index (χ3v) is 3.45. The van der Waals surface area contributed by atoms with Gasteiger partial charge >= 0.3 is 0 Å². The van der Waals surface area contributed by atoms with Crippen molar-refractivity contribution in [1.82, 2.24) is 9.55 Å². The van der Waals surface area contributed by atoms with Crippen LogP contribution in [0.5, 0.6) is 5.75 Å². The fraction of sp³-hybridized carbons (Fsp3) is 0.176. The summed E-state index contributed by atoms with van der Waals surface area (Å²) in [6, 6.07) is 9.11. The lowest BCUT2D eigenvalue weighted by molar-refractivity contribution is 0.0914. The van der Waals surface area contributed by atoms with Gasteiger partial charge in [-0.1, -0.05) is 0 Å². The Hall–Kier alpha value is -2.80. The molecule has 1 heterocycles. The second kappa shape index (κ2) is 6.76. The van der Waals surface area contributed by atoms with Crippen LogP contribution in [0.4, 0.5) is 8.78 Å². The maximum absolute atomic E-state index is 13.1. The first-order chi connectivity index (χ1) is 11.5. The van der Waals surface area contributed by atoms with Crippen molar-refractivity contribution in [2.45, 2.75) is 12.6 Å². The van der Waals surface area contributed by atoms with Gasteiger partial charge in [-0.05, 0) is 36.4 Å². The highest BCUT2D eigenvalue weighted by molar-refractivity contribution is 5.77. The maximum Gasteiger partial charge on any atom is 0.261 e. The van der Waals surface area contributed by atoms with Crippen molar-refractivity contribution >= 4 is 10.9 Å². The van der Waals surface area contributed by atoms with E-state index >= 15 is 0 Å². The number of fused-ring (bicyclic) bond motifs is 1. The number of hydrogen-bond acceptors (Lipinski definition) is 4. The van der Waals surface area contributed by atoms with Crippen LogP contribution >= 0.6 is 0 Å². The number of nitrogens with zero attached hydrogens (tertiary/aromatic N) is 2. The molecule has 0 fully saturated rings. The molecule has 5 nitrogen and oxygen atoms in total. The Bertz CT molecular complexity index is 910. The van der Waals surface area contributed by atoms with Crippen LogP contribution in [-0.2, 0) is 6.54 Å². The highest BCUT2D eigenvalue weighted by Gasteiger charge is 2.11. The number of rotatable bonds is 5. The fourth-order valence-corrected chi connectivity index (χ4v) is 2.26. The van der Waals surface area contributed by atoms with E-state index in [9.17, 15) is 18.7 Å². The van der Waals surface area contributed by atoms with Crippen LogP contribution < -0.4 is 10.3 Å². The Morgan fingerprint density at radius 2 is 1.83 bits per heavy atom. The summed E-state index contributed by atoms with van der Waals surface area (Å²) in [6.45, 7) is -0.0973. The minimum absolute atomic E-state index is 0.0274. The van der Waals surface area contributed by atoms with Crippen LogP contribution in [0.1, 0.15) is 0 Å². The molecule has 0 amide bonds. The summed E-state index contributed by atoms with van der Waals surface area (Å²) in [4.78, 5) is 16.3. The SMILES string of the molecule is O=c1c2ccc(F)cc2ncn1CC(O)COc1ccc(F)cc1. The monoisotopic (exact) mass is 332 g/mol. The van der Waals surface area contributed by atoms with Crippen molar-refractivity contribution < 1.29 is 18.6 Å². The van der Waals surface area contributed by atoms with Gasteiger partial charge in [-0.25, -0.2) is 13.8 Å². The molecular weight excluding hydrogens is 318 g/mol. The molecule has 3 aromatic rings. The Morgan fingerprint density at radius 3 is 2.58 bits per heavy atom. The fourth-order valence-electron chi connectivity index (χ4n) is 2.26. The van der Waals surface area contributed by atoms with Crippen molar-refractivity contribution in [3.63, 3.8) is 0 Å². The highest BCUT2D eigenvalue weighted by Crippen LogP contribution is 2.12. The van der Waals surface area contributed by atoms with E-state index in [1.807, 2.05) is 0 Å². The van der Waals surface area contributed by atoms with Crippen molar-refractivity contribution in [2.24, 2.45) is 0 Å². The first-order valence-electron chi connectivity index (χ1n) is 7.24. The first kappa shape index (κ1) is 16.1. The van der Waals surface area contributed by atoms with Gasteiger partial charge in [0.25, 0.3) is 5.56 Å². The van der Waals surface area contributed by atoms with E-state index in [-0.39, 0.29) is 35.4 Å². The largest absolute Gasteiger partial charge is 0.491 e. The van der Waals surface area contributed by atoms with Crippen LogP contribution in [0.3, 0.4) is 0 Å². The average molecular weight is 332 g/mol. The molecule has 3 rings (SSSR count). The number of ether oxygens (including phenoxy) is 1. The van der Waals surface area contributed by atoms with Crippen molar-refractivity contribution in [3.8, 4) is 5.75 Å². The van der Waals surface area contributed by atoms with Crippen LogP contribution in [-0.4, -0.2) is 27.4 Å². The van der Waals surface area contributed by atoms with Gasteiger partial charge in [-0.2, -0.15) is 0 Å². The summed E-state index contributed by atoms with van der Waals surface area (Å²) in [7, 11) is 0. The number of aliphatic hydroxyl groups excluding tert-OH is 1. The van der Waals surface area contributed by atoms with E-state index in [1.54, 1.807) is 0 Å². The molecule has 0 aliphatic carbocycles. The molecule has 0 bridgehead atoms. The number of aromatic nitrogens is 2. The van der Waals surface area contributed by atoms with Gasteiger partial charge in [0, 0.05) is 6.07 Å². The minimum atomic E-state index is -0.965. The molecule has 0 aliphatic rings. The zero-order chi connectivity index (χ0) is 17.1. The summed E-state index contributed by atoms with van der Waals surface area (Å²) in [5, 5.41) is 10.3. The van der Waals surface area contributed by atoms with E-state index in [4.69, 9.17) is 4.74 Å². The molecule has 1 N–H and O–H groups in total. The van der Waals surface area contributed by atoms with E-state index in [0.29, 0.717) is 5.75 Å². The van der Waals surface area contributed by atoms with Crippen LogP contribution in [0.25, 0.3) is 10.9 Å². The zero-order valence-corrected chi connectivity index (χ0v) is 12.5. The Labute approximate surface area is 135 Å². The Balaban J connectivity index is 1.70. The van der Waals surface area contributed by atoms with Gasteiger partial charge in [0.1, 0.15) is 30.1 Å². The lowest BCUT2D eigenvalue weighted by atomic mass is 10.2. The molecule has 1 atom stereocenters. The zero-order valence-electron chi connectivity index (χ0n) is 12.5. The van der Waals surface area contributed by atoms with Gasteiger partial charge in [-0.15, -0.1) is 0 Å². The van der Waals surface area contributed by atoms with Gasteiger partial charge in [0.05, 0.1) is 23.8 Å². The molecule has 1 aromatic heterocycles. The van der Waals surface area contributed by atoms with Crippen molar-refractivity contribution in [2.75, 3.05) is 6.61 Å². The Kier molecular flexibility index (Phi) is 4.52. The van der Waals surface area contributed by atoms with Gasteiger partial charge in [0.2, 0.25) is 0 Å². The van der Waals surface area contributed by atoms with Gasteiger partial charge < -0.3 is 9.84 Å². The molecule has 0 saturated heterocycles. The van der Waals surface area contributed by atoms with Gasteiger partial charge in [0.15, 0.2) is 0 Å². The van der Waals surface area contributed by atoms with E-state index in [1.165, 1.54) is 53.4 Å². The molecule has 24 heavy (non-hydrogen) atoms. The molecule has 124 valence electrons. The second-order valence-electron chi connectivity index (χ2n) is 5.28.